The number of benzene rings is 2. The van der Waals surface area contributed by atoms with Gasteiger partial charge in [0.2, 0.25) is 5.91 Å². The highest BCUT2D eigenvalue weighted by molar-refractivity contribution is 9.10. The van der Waals surface area contributed by atoms with Crippen LogP contribution in [0.1, 0.15) is 12.0 Å². The molecule has 3 rings (SSSR count). The normalized spacial score (nSPS) is 15.9. The second-order valence-electron chi connectivity index (χ2n) is 6.73. The molecule has 0 saturated carbocycles. The Morgan fingerprint density at radius 1 is 1.19 bits per heavy atom. The molecule has 1 heterocycles. The number of amides is 2. The number of esters is 1. The fourth-order valence-electron chi connectivity index (χ4n) is 3.05. The molecule has 0 aromatic heterocycles. The van der Waals surface area contributed by atoms with E-state index in [1.54, 1.807) is 6.07 Å². The van der Waals surface area contributed by atoms with E-state index in [4.69, 9.17) is 32.7 Å². The Labute approximate surface area is 197 Å². The van der Waals surface area contributed by atoms with Crippen molar-refractivity contribution in [1.29, 1.82) is 0 Å². The molecule has 1 saturated heterocycles. The molecular weight excluding hydrogens is 511 g/mol. The summed E-state index contributed by atoms with van der Waals surface area (Å²) in [4.78, 5) is 38.7. The fourth-order valence-corrected chi connectivity index (χ4v) is 4.42. The summed E-state index contributed by atoms with van der Waals surface area (Å²) in [5.74, 6) is -1.18. The average molecular weight is 530 g/mol. The average Bonchev–Trinajstić information content (AvgIpc) is 2.73. The predicted molar refractivity (Wildman–Crippen MR) is 119 cm³/mol. The lowest BCUT2D eigenvalue weighted by atomic mass is 10.1. The first kappa shape index (κ1) is 23.4. The maximum Gasteiger partial charge on any atom is 0.308 e. The van der Waals surface area contributed by atoms with Gasteiger partial charge in [0.1, 0.15) is 12.6 Å². The fraction of sp³-hybridized carbons (Fsp3) is 0.286. The molecule has 0 spiro atoms. The summed E-state index contributed by atoms with van der Waals surface area (Å²) in [5, 5.41) is 3.32. The van der Waals surface area contributed by atoms with Crippen LogP contribution in [0.3, 0.4) is 0 Å². The van der Waals surface area contributed by atoms with Gasteiger partial charge in [0.05, 0.1) is 15.9 Å². The molecular formula is C21H19BrCl2N2O5. The lowest BCUT2D eigenvalue weighted by molar-refractivity contribution is -0.153. The molecule has 1 fully saturated rings. The molecule has 164 valence electrons. The maximum absolute atomic E-state index is 12.8. The number of piperazine rings is 1. The largest absolute Gasteiger partial charge is 0.481 e. The minimum atomic E-state index is -0.975. The van der Waals surface area contributed by atoms with Crippen LogP contribution in [0.2, 0.25) is 10.0 Å². The van der Waals surface area contributed by atoms with Crippen molar-refractivity contribution in [2.24, 2.45) is 0 Å². The third-order valence-electron chi connectivity index (χ3n) is 4.56. The zero-order chi connectivity index (χ0) is 22.4. The minimum absolute atomic E-state index is 0.0914. The lowest BCUT2D eigenvalue weighted by Gasteiger charge is -2.34. The van der Waals surface area contributed by atoms with Crippen molar-refractivity contribution < 1.29 is 23.9 Å². The Morgan fingerprint density at radius 2 is 1.94 bits per heavy atom. The van der Waals surface area contributed by atoms with E-state index in [2.05, 4.69) is 21.2 Å². The number of carbonyl (C=O) groups is 3. The van der Waals surface area contributed by atoms with Crippen LogP contribution in [0, 0.1) is 0 Å². The third kappa shape index (κ3) is 6.35. The standard InChI is InChI=1S/C21H19BrCl2N2O5/c22-15-8-14(23)9-16(24)20(15)31-12-18(27)26-7-6-25-21(29)17(26)10-19(28)30-11-13-4-2-1-3-5-13/h1-5,8-9,17H,6-7,10-12H2,(H,25,29). The van der Waals surface area contributed by atoms with Crippen molar-refractivity contribution >= 4 is 56.9 Å². The summed E-state index contributed by atoms with van der Waals surface area (Å²) >= 11 is 15.3. The van der Waals surface area contributed by atoms with Crippen molar-refractivity contribution in [1.82, 2.24) is 10.2 Å². The molecule has 31 heavy (non-hydrogen) atoms. The molecule has 1 aliphatic heterocycles. The number of halogens is 3. The van der Waals surface area contributed by atoms with E-state index in [0.29, 0.717) is 9.50 Å². The maximum atomic E-state index is 12.8. The minimum Gasteiger partial charge on any atom is -0.481 e. The predicted octanol–water partition coefficient (Wildman–Crippen LogP) is 3.60. The van der Waals surface area contributed by atoms with Crippen molar-refractivity contribution in [2.75, 3.05) is 19.7 Å². The van der Waals surface area contributed by atoms with Crippen LogP contribution < -0.4 is 10.1 Å². The number of nitrogens with zero attached hydrogens (tertiary/aromatic N) is 1. The Morgan fingerprint density at radius 3 is 2.65 bits per heavy atom. The first-order chi connectivity index (χ1) is 14.8. The van der Waals surface area contributed by atoms with Gasteiger partial charge in [-0.2, -0.15) is 0 Å². The van der Waals surface area contributed by atoms with E-state index >= 15 is 0 Å². The van der Waals surface area contributed by atoms with E-state index in [9.17, 15) is 14.4 Å². The molecule has 1 atom stereocenters. The van der Waals surface area contributed by atoms with Crippen LogP contribution in [0.15, 0.2) is 46.9 Å². The summed E-state index contributed by atoms with van der Waals surface area (Å²) in [5.41, 5.74) is 0.829. The van der Waals surface area contributed by atoms with E-state index in [-0.39, 0.29) is 43.5 Å². The van der Waals surface area contributed by atoms with Crippen molar-refractivity contribution in [3.8, 4) is 5.75 Å². The van der Waals surface area contributed by atoms with Gasteiger partial charge in [0.15, 0.2) is 12.4 Å². The number of hydrogen-bond acceptors (Lipinski definition) is 5. The van der Waals surface area contributed by atoms with Gasteiger partial charge in [0.25, 0.3) is 5.91 Å². The van der Waals surface area contributed by atoms with Gasteiger partial charge in [-0.05, 0) is 33.6 Å². The van der Waals surface area contributed by atoms with Gasteiger partial charge in [0, 0.05) is 18.1 Å². The summed E-state index contributed by atoms with van der Waals surface area (Å²) < 4.78 is 11.3. The molecule has 1 unspecified atom stereocenters. The zero-order valence-electron chi connectivity index (χ0n) is 16.3. The Balaban J connectivity index is 1.61. The van der Waals surface area contributed by atoms with Gasteiger partial charge >= 0.3 is 5.97 Å². The highest BCUT2D eigenvalue weighted by Crippen LogP contribution is 2.36. The van der Waals surface area contributed by atoms with Gasteiger partial charge in [-0.25, -0.2) is 0 Å². The molecule has 10 heteroatoms. The van der Waals surface area contributed by atoms with Crippen molar-refractivity contribution in [2.45, 2.75) is 19.1 Å². The molecule has 0 radical (unpaired) electrons. The first-order valence-corrected chi connectivity index (χ1v) is 10.9. The van der Waals surface area contributed by atoms with Gasteiger partial charge in [-0.15, -0.1) is 0 Å². The topological polar surface area (TPSA) is 84.9 Å². The van der Waals surface area contributed by atoms with E-state index < -0.39 is 23.8 Å². The van der Waals surface area contributed by atoms with Crippen molar-refractivity contribution in [3.63, 3.8) is 0 Å². The van der Waals surface area contributed by atoms with Crippen LogP contribution in [-0.4, -0.2) is 48.4 Å². The quantitative estimate of drug-likeness (QED) is 0.554. The molecule has 2 aromatic rings. The van der Waals surface area contributed by atoms with Gasteiger partial charge < -0.3 is 19.7 Å². The highest BCUT2D eigenvalue weighted by Gasteiger charge is 2.35. The summed E-state index contributed by atoms with van der Waals surface area (Å²) in [6, 6.07) is 11.3. The first-order valence-electron chi connectivity index (χ1n) is 9.39. The van der Waals surface area contributed by atoms with Crippen LogP contribution in [0.5, 0.6) is 5.75 Å². The van der Waals surface area contributed by atoms with Gasteiger partial charge in [-0.1, -0.05) is 53.5 Å². The number of rotatable bonds is 7. The zero-order valence-corrected chi connectivity index (χ0v) is 19.4. The Kier molecular flexibility index (Phi) is 8.17. The molecule has 1 aliphatic rings. The van der Waals surface area contributed by atoms with Crippen LogP contribution in [-0.2, 0) is 25.7 Å². The number of ether oxygens (including phenoxy) is 2. The number of nitrogens with one attached hydrogen (secondary N) is 1. The van der Waals surface area contributed by atoms with E-state index in [0.717, 1.165) is 5.56 Å². The molecule has 1 N–H and O–H groups in total. The van der Waals surface area contributed by atoms with Crippen LogP contribution in [0.4, 0.5) is 0 Å². The highest BCUT2D eigenvalue weighted by atomic mass is 79.9. The second-order valence-corrected chi connectivity index (χ2v) is 8.43. The lowest BCUT2D eigenvalue weighted by Crippen LogP contribution is -2.58. The summed E-state index contributed by atoms with van der Waals surface area (Å²) in [6.07, 6.45) is -0.254. The smallest absolute Gasteiger partial charge is 0.308 e. The summed E-state index contributed by atoms with van der Waals surface area (Å²) in [6.45, 7) is 0.266. The van der Waals surface area contributed by atoms with E-state index in [1.165, 1.54) is 11.0 Å². The SMILES string of the molecule is O=C(CC1C(=O)NCCN1C(=O)COc1c(Cl)cc(Cl)cc1Br)OCc1ccccc1. The number of hydrogen-bond donors (Lipinski definition) is 1. The molecule has 7 nitrogen and oxygen atoms in total. The summed E-state index contributed by atoms with van der Waals surface area (Å²) in [7, 11) is 0. The van der Waals surface area contributed by atoms with E-state index in [1.807, 2.05) is 30.3 Å². The third-order valence-corrected chi connectivity index (χ3v) is 5.64. The number of carbonyl (C=O) groups excluding carboxylic acids is 3. The monoisotopic (exact) mass is 528 g/mol. The molecule has 0 aliphatic carbocycles. The molecule has 2 amide bonds. The molecule has 2 aromatic carbocycles. The molecule has 0 bridgehead atoms. The van der Waals surface area contributed by atoms with Crippen LogP contribution >= 0.6 is 39.1 Å². The second kappa shape index (κ2) is 10.8. The Bertz CT molecular complexity index is 950. The van der Waals surface area contributed by atoms with Crippen molar-refractivity contribution in [3.05, 3.63) is 62.5 Å². The Hall–Kier alpha value is -2.29. The van der Waals surface area contributed by atoms with Crippen LogP contribution in [0.25, 0.3) is 0 Å². The van der Waals surface area contributed by atoms with Gasteiger partial charge in [-0.3, -0.25) is 14.4 Å².